The Hall–Kier alpha value is -5.49. The molecule has 3 fully saturated rings. The minimum absolute atomic E-state index is 0.00967. The van der Waals surface area contributed by atoms with Crippen LogP contribution in [0.3, 0.4) is 0 Å². The van der Waals surface area contributed by atoms with E-state index in [2.05, 4.69) is 56.8 Å². The Morgan fingerprint density at radius 1 is 0.891 bits per heavy atom. The number of nitrogens with two attached hydrogens (primary N) is 1. The number of nitrogens with zero attached hydrogens (tertiary/aromatic N) is 3. The number of hydrogen-bond acceptors (Lipinski definition) is 7. The number of pyridine rings is 1. The summed E-state index contributed by atoms with van der Waals surface area (Å²) >= 11 is 0. The highest BCUT2D eigenvalue weighted by Gasteiger charge is 2.49. The Bertz CT molecular complexity index is 2230. The molecule has 4 aliphatic rings. The summed E-state index contributed by atoms with van der Waals surface area (Å²) in [6.45, 7) is 1.13. The van der Waals surface area contributed by atoms with Crippen LogP contribution < -0.4 is 11.1 Å². The predicted octanol–water partition coefficient (Wildman–Crippen LogP) is 7.91. The molecule has 2 atom stereocenters. The summed E-state index contributed by atoms with van der Waals surface area (Å²) < 4.78 is 45.3. The Balaban J connectivity index is 0.000000160. The van der Waals surface area contributed by atoms with Gasteiger partial charge < -0.3 is 20.7 Å². The van der Waals surface area contributed by atoms with Gasteiger partial charge in [-0.15, -0.1) is 0 Å². The molecule has 284 valence electrons. The third kappa shape index (κ3) is 7.23. The van der Waals surface area contributed by atoms with Gasteiger partial charge in [-0.1, -0.05) is 60.8 Å². The van der Waals surface area contributed by atoms with E-state index in [1.807, 2.05) is 0 Å². The van der Waals surface area contributed by atoms with Gasteiger partial charge in [-0.05, 0) is 84.2 Å². The fraction of sp³-hybridized carbons (Fsp3) is 0.349. The summed E-state index contributed by atoms with van der Waals surface area (Å²) in [6.07, 6.45) is 10.5. The highest BCUT2D eigenvalue weighted by Crippen LogP contribution is 2.56. The fourth-order valence-corrected chi connectivity index (χ4v) is 8.72. The number of carboxylic acids is 1. The van der Waals surface area contributed by atoms with Crippen molar-refractivity contribution >= 4 is 17.6 Å². The number of fused-ring (bicyclic) bond motifs is 3. The molecule has 1 aliphatic heterocycles. The molecular weight excluding hydrogens is 707 g/mol. The van der Waals surface area contributed by atoms with Crippen molar-refractivity contribution in [3.05, 3.63) is 125 Å². The Kier molecular flexibility index (Phi) is 9.93. The number of likely N-dealkylation sites (tertiary alicyclic amines) is 1. The van der Waals surface area contributed by atoms with Gasteiger partial charge in [0.2, 0.25) is 0 Å². The first-order chi connectivity index (χ1) is 26.6. The van der Waals surface area contributed by atoms with Crippen molar-refractivity contribution in [1.29, 1.82) is 0 Å². The molecule has 0 spiro atoms. The summed E-state index contributed by atoms with van der Waals surface area (Å²) in [5, 5.41) is 16.2. The van der Waals surface area contributed by atoms with Crippen molar-refractivity contribution in [3.8, 4) is 22.5 Å². The number of carbonyl (C=O) groups excluding carboxylic acids is 1. The minimum Gasteiger partial charge on any atom is -0.481 e. The van der Waals surface area contributed by atoms with E-state index < -0.39 is 35.5 Å². The first-order valence-corrected chi connectivity index (χ1v) is 18.9. The molecule has 3 heterocycles. The Labute approximate surface area is 316 Å². The van der Waals surface area contributed by atoms with E-state index in [-0.39, 0.29) is 28.2 Å². The number of nitrogen functional groups attached to an aromatic ring is 1. The van der Waals surface area contributed by atoms with E-state index in [1.165, 1.54) is 65.9 Å². The summed E-state index contributed by atoms with van der Waals surface area (Å²) in [5.74, 6) is -4.11. The Morgan fingerprint density at radius 2 is 1.65 bits per heavy atom. The monoisotopic (exact) mass is 749 g/mol. The third-order valence-corrected chi connectivity index (χ3v) is 11.8. The standard InChI is InChI=1S/C22H25F2N3O4.C21H17FN2/c23-13-6-7-15(17(24)10-13)20-11-19(26-31-20)21(28)25-18-8-9-27(12-16(18)22(29)30)14-4-2-1-3-5-14;22-14-5-8-19(24-12-14)21(9-10-21)18-7-6-16-15-4-2-1-3-13(15)11-17(16)20(18)23/h6-7,10-11,14,16,18H,1-5,8-9,12H2,(H,25,28)(H,29,30);1-8,12H,9-11,23H2/t16-,18-;/m0./s1. The average Bonchev–Trinajstić information content (AvgIpc) is 3.66. The molecule has 2 saturated carbocycles. The molecule has 1 amide bonds. The van der Waals surface area contributed by atoms with Crippen molar-refractivity contribution < 1.29 is 32.4 Å². The lowest BCUT2D eigenvalue weighted by atomic mass is 9.87. The first-order valence-electron chi connectivity index (χ1n) is 18.9. The van der Waals surface area contributed by atoms with Crippen molar-refractivity contribution in [2.75, 3.05) is 18.8 Å². The zero-order valence-electron chi connectivity index (χ0n) is 30.2. The molecule has 0 bridgehead atoms. The lowest BCUT2D eigenvalue weighted by Gasteiger charge is -2.42. The SMILES string of the molecule is Nc1c(C2(c3ccc(F)cn3)CC2)ccc2c1Cc1ccccc1-2.O=C(N[C@H]1CCN(C2CCCCC2)C[C@@H]1C(=O)O)c1cc(-c2ccc(F)cc2F)on1. The molecule has 2 aromatic heterocycles. The van der Waals surface area contributed by atoms with Crippen LogP contribution in [0.5, 0.6) is 0 Å². The lowest BCUT2D eigenvalue weighted by molar-refractivity contribution is -0.145. The number of aliphatic carboxylic acids is 1. The highest BCUT2D eigenvalue weighted by atomic mass is 19.1. The van der Waals surface area contributed by atoms with Crippen molar-refractivity contribution in [1.82, 2.24) is 20.4 Å². The zero-order chi connectivity index (χ0) is 38.3. The first kappa shape index (κ1) is 36.5. The number of piperidine rings is 1. The summed E-state index contributed by atoms with van der Waals surface area (Å²) in [4.78, 5) is 31.1. The van der Waals surface area contributed by atoms with E-state index in [0.717, 1.165) is 67.7 Å². The van der Waals surface area contributed by atoms with Crippen LogP contribution in [0.15, 0.2) is 83.5 Å². The van der Waals surface area contributed by atoms with Crippen molar-refractivity contribution in [3.63, 3.8) is 0 Å². The quantitative estimate of drug-likeness (QED) is 0.140. The smallest absolute Gasteiger partial charge is 0.309 e. The fourth-order valence-electron chi connectivity index (χ4n) is 8.72. The van der Waals surface area contributed by atoms with E-state index in [1.54, 1.807) is 6.07 Å². The maximum absolute atomic E-state index is 14.0. The number of halogens is 3. The van der Waals surface area contributed by atoms with Gasteiger partial charge in [0.05, 0.1) is 23.4 Å². The largest absolute Gasteiger partial charge is 0.481 e. The maximum Gasteiger partial charge on any atom is 0.309 e. The van der Waals surface area contributed by atoms with Gasteiger partial charge in [-0.3, -0.25) is 19.5 Å². The van der Waals surface area contributed by atoms with Crippen LogP contribution in [-0.4, -0.2) is 57.2 Å². The molecule has 0 radical (unpaired) electrons. The number of benzene rings is 3. The van der Waals surface area contributed by atoms with Gasteiger partial charge in [0.1, 0.15) is 17.5 Å². The number of carboxylic acid groups (broad SMARTS) is 1. The van der Waals surface area contributed by atoms with E-state index >= 15 is 0 Å². The van der Waals surface area contributed by atoms with Gasteiger partial charge in [-0.25, -0.2) is 13.2 Å². The minimum atomic E-state index is -0.944. The van der Waals surface area contributed by atoms with Gasteiger partial charge in [0.25, 0.3) is 5.91 Å². The second-order valence-electron chi connectivity index (χ2n) is 15.1. The van der Waals surface area contributed by atoms with Gasteiger partial charge >= 0.3 is 5.97 Å². The van der Waals surface area contributed by atoms with Gasteiger partial charge in [0, 0.05) is 54.8 Å². The molecule has 9 rings (SSSR count). The molecule has 5 aromatic rings. The molecule has 12 heteroatoms. The number of rotatable bonds is 7. The Morgan fingerprint density at radius 3 is 2.38 bits per heavy atom. The number of hydrogen-bond donors (Lipinski definition) is 3. The topological polar surface area (TPSA) is 135 Å². The number of aromatic nitrogens is 2. The molecule has 1 saturated heterocycles. The van der Waals surface area contributed by atoms with Crippen LogP contribution in [-0.2, 0) is 16.6 Å². The highest BCUT2D eigenvalue weighted by molar-refractivity contribution is 5.93. The van der Waals surface area contributed by atoms with Crippen molar-refractivity contribution in [2.45, 2.75) is 75.3 Å². The molecule has 3 aromatic carbocycles. The summed E-state index contributed by atoms with van der Waals surface area (Å²) in [5.41, 5.74) is 14.4. The van der Waals surface area contributed by atoms with E-state index in [9.17, 15) is 27.9 Å². The number of anilines is 1. The zero-order valence-corrected chi connectivity index (χ0v) is 30.2. The second-order valence-corrected chi connectivity index (χ2v) is 15.1. The molecule has 9 nitrogen and oxygen atoms in total. The lowest BCUT2D eigenvalue weighted by Crippen LogP contribution is -2.56. The number of carbonyl (C=O) groups is 2. The normalized spacial score (nSPS) is 20.1. The van der Waals surface area contributed by atoms with Crippen LogP contribution in [0.25, 0.3) is 22.5 Å². The van der Waals surface area contributed by atoms with Crippen LogP contribution in [0, 0.1) is 23.4 Å². The molecule has 3 aliphatic carbocycles. The van der Waals surface area contributed by atoms with Crippen LogP contribution >= 0.6 is 0 Å². The summed E-state index contributed by atoms with van der Waals surface area (Å²) in [6, 6.07) is 20.2. The van der Waals surface area contributed by atoms with Gasteiger partial charge in [0.15, 0.2) is 11.5 Å². The molecule has 0 unspecified atom stereocenters. The molecule has 55 heavy (non-hydrogen) atoms. The number of amides is 1. The van der Waals surface area contributed by atoms with Crippen molar-refractivity contribution in [2.24, 2.45) is 5.92 Å². The second kappa shape index (κ2) is 15.0. The van der Waals surface area contributed by atoms with Crippen LogP contribution in [0.2, 0.25) is 0 Å². The van der Waals surface area contributed by atoms with Crippen LogP contribution in [0.1, 0.15) is 84.2 Å². The van der Waals surface area contributed by atoms with E-state index in [4.69, 9.17) is 10.3 Å². The van der Waals surface area contributed by atoms with E-state index in [0.29, 0.717) is 19.0 Å². The molecular formula is C43H42F3N5O4. The third-order valence-electron chi connectivity index (χ3n) is 11.8. The van der Waals surface area contributed by atoms with Gasteiger partial charge in [-0.2, -0.15) is 0 Å². The van der Waals surface area contributed by atoms with Crippen LogP contribution in [0.4, 0.5) is 18.9 Å². The maximum atomic E-state index is 14.0. The number of nitrogens with one attached hydrogen (secondary N) is 1. The predicted molar refractivity (Wildman–Crippen MR) is 201 cm³/mol. The average molecular weight is 750 g/mol. The molecule has 4 N–H and O–H groups in total. The summed E-state index contributed by atoms with van der Waals surface area (Å²) in [7, 11) is 0.